The molecule has 3 heteroatoms. The first kappa shape index (κ1) is 9.70. The average molecular weight is 153 g/mol. The van der Waals surface area contributed by atoms with Crippen LogP contribution >= 0.6 is 0 Å². The van der Waals surface area contributed by atoms with Crippen LogP contribution in [0.5, 0.6) is 0 Å². The van der Waals surface area contributed by atoms with E-state index < -0.39 is 11.9 Å². The Morgan fingerprint density at radius 2 is 2.55 bits per heavy atom. The smallest absolute Gasteiger partial charge is 0.323 e. The van der Waals surface area contributed by atoms with Gasteiger partial charge >= 0.3 is 5.97 Å². The maximum absolute atomic E-state index is 10.9. The molecule has 0 aliphatic rings. The average Bonchev–Trinajstić information content (AvgIpc) is 2.00. The van der Waals surface area contributed by atoms with E-state index >= 15 is 0 Å². The molecular formula is C8H11NO2. The lowest BCUT2D eigenvalue weighted by Crippen LogP contribution is -2.15. The second kappa shape index (κ2) is 5.48. The van der Waals surface area contributed by atoms with Crippen LogP contribution in [0, 0.1) is 17.2 Å². The Balaban J connectivity index is 3.94. The number of hydrogen-bond donors (Lipinski definition) is 0. The van der Waals surface area contributed by atoms with Gasteiger partial charge in [-0.2, -0.15) is 5.26 Å². The number of carbonyl (C=O) groups is 1. The van der Waals surface area contributed by atoms with Gasteiger partial charge in [0.2, 0.25) is 0 Å². The van der Waals surface area contributed by atoms with E-state index in [1.165, 1.54) is 6.08 Å². The van der Waals surface area contributed by atoms with Crippen LogP contribution in [0.25, 0.3) is 0 Å². The molecule has 0 aromatic heterocycles. The number of ether oxygens (including phenoxy) is 1. The highest BCUT2D eigenvalue weighted by molar-refractivity contribution is 5.75. The summed E-state index contributed by atoms with van der Waals surface area (Å²) in [7, 11) is 0. The van der Waals surface area contributed by atoms with Crippen molar-refractivity contribution in [2.75, 3.05) is 6.61 Å². The van der Waals surface area contributed by atoms with Crippen LogP contribution in [-0.2, 0) is 9.53 Å². The summed E-state index contributed by atoms with van der Waals surface area (Å²) in [6.45, 7) is 5.45. The SMILES string of the molecule is C=CCC(C#N)C(=O)OCC. The fourth-order valence-electron chi connectivity index (χ4n) is 0.611. The highest BCUT2D eigenvalue weighted by Gasteiger charge is 2.16. The van der Waals surface area contributed by atoms with Gasteiger partial charge in [-0.05, 0) is 13.3 Å². The molecule has 0 N–H and O–H groups in total. The van der Waals surface area contributed by atoms with E-state index in [1.54, 1.807) is 6.92 Å². The van der Waals surface area contributed by atoms with Crippen molar-refractivity contribution in [1.29, 1.82) is 5.26 Å². The van der Waals surface area contributed by atoms with Crippen LogP contribution in [-0.4, -0.2) is 12.6 Å². The molecule has 0 aliphatic carbocycles. The van der Waals surface area contributed by atoms with Crippen LogP contribution in [0.1, 0.15) is 13.3 Å². The van der Waals surface area contributed by atoms with Gasteiger partial charge < -0.3 is 4.74 Å². The molecule has 1 unspecified atom stereocenters. The van der Waals surface area contributed by atoms with E-state index in [0.717, 1.165) is 0 Å². The van der Waals surface area contributed by atoms with Gasteiger partial charge in [-0.3, -0.25) is 4.79 Å². The van der Waals surface area contributed by atoms with E-state index in [0.29, 0.717) is 13.0 Å². The molecule has 1 atom stereocenters. The normalized spacial score (nSPS) is 11.3. The maximum atomic E-state index is 10.9. The van der Waals surface area contributed by atoms with Crippen molar-refractivity contribution in [3.05, 3.63) is 12.7 Å². The number of nitriles is 1. The Morgan fingerprint density at radius 1 is 1.91 bits per heavy atom. The summed E-state index contributed by atoms with van der Waals surface area (Å²) in [6.07, 6.45) is 1.89. The molecular weight excluding hydrogens is 142 g/mol. The standard InChI is InChI=1S/C8H11NO2/c1-3-5-7(6-9)8(10)11-4-2/h3,7H,1,4-5H2,2H3. The zero-order valence-electron chi connectivity index (χ0n) is 6.54. The molecule has 0 spiro atoms. The minimum atomic E-state index is -0.688. The minimum Gasteiger partial charge on any atom is -0.465 e. The summed E-state index contributed by atoms with van der Waals surface area (Å²) >= 11 is 0. The lowest BCUT2D eigenvalue weighted by molar-refractivity contribution is -0.145. The second-order valence-corrected chi connectivity index (χ2v) is 1.96. The summed E-state index contributed by atoms with van der Waals surface area (Å²) in [6, 6.07) is 1.84. The molecule has 0 rings (SSSR count). The summed E-state index contributed by atoms with van der Waals surface area (Å²) in [5, 5.41) is 8.46. The first-order valence-corrected chi connectivity index (χ1v) is 3.43. The quantitative estimate of drug-likeness (QED) is 0.451. The van der Waals surface area contributed by atoms with Crippen molar-refractivity contribution in [1.82, 2.24) is 0 Å². The number of allylic oxidation sites excluding steroid dienone is 1. The summed E-state index contributed by atoms with van der Waals surface area (Å²) in [5.41, 5.74) is 0. The molecule has 0 aromatic carbocycles. The monoisotopic (exact) mass is 153 g/mol. The van der Waals surface area contributed by atoms with Crippen molar-refractivity contribution in [3.8, 4) is 6.07 Å². The summed E-state index contributed by atoms with van der Waals surface area (Å²) in [4.78, 5) is 10.9. The Morgan fingerprint density at radius 3 is 2.91 bits per heavy atom. The van der Waals surface area contributed by atoms with E-state index in [4.69, 9.17) is 5.26 Å². The van der Waals surface area contributed by atoms with E-state index in [9.17, 15) is 4.79 Å². The summed E-state index contributed by atoms with van der Waals surface area (Å²) < 4.78 is 4.64. The zero-order chi connectivity index (χ0) is 8.69. The number of carbonyl (C=O) groups excluding carboxylic acids is 1. The van der Waals surface area contributed by atoms with E-state index in [1.807, 2.05) is 6.07 Å². The molecule has 0 fully saturated rings. The van der Waals surface area contributed by atoms with E-state index in [2.05, 4.69) is 11.3 Å². The van der Waals surface area contributed by atoms with Gasteiger partial charge in [0, 0.05) is 0 Å². The van der Waals surface area contributed by atoms with Crippen molar-refractivity contribution in [3.63, 3.8) is 0 Å². The molecule has 11 heavy (non-hydrogen) atoms. The van der Waals surface area contributed by atoms with Crippen molar-refractivity contribution in [2.45, 2.75) is 13.3 Å². The first-order valence-electron chi connectivity index (χ1n) is 3.43. The maximum Gasteiger partial charge on any atom is 0.323 e. The van der Waals surface area contributed by atoms with Gasteiger partial charge in [0.15, 0.2) is 0 Å². The van der Waals surface area contributed by atoms with Crippen LogP contribution in [0.4, 0.5) is 0 Å². The number of rotatable bonds is 4. The molecule has 0 aliphatic heterocycles. The zero-order valence-corrected chi connectivity index (χ0v) is 6.54. The fourth-order valence-corrected chi connectivity index (χ4v) is 0.611. The number of esters is 1. The van der Waals surface area contributed by atoms with Gasteiger partial charge in [0.05, 0.1) is 12.7 Å². The minimum absolute atomic E-state index is 0.314. The number of nitrogens with zero attached hydrogens (tertiary/aromatic N) is 1. The van der Waals surface area contributed by atoms with Gasteiger partial charge in [-0.15, -0.1) is 6.58 Å². The third kappa shape index (κ3) is 3.41. The highest BCUT2D eigenvalue weighted by Crippen LogP contribution is 2.04. The van der Waals surface area contributed by atoms with Crippen molar-refractivity contribution < 1.29 is 9.53 Å². The van der Waals surface area contributed by atoms with E-state index in [-0.39, 0.29) is 0 Å². The van der Waals surface area contributed by atoms with Crippen molar-refractivity contribution >= 4 is 5.97 Å². The first-order chi connectivity index (χ1) is 5.26. The Kier molecular flexibility index (Phi) is 4.83. The Labute approximate surface area is 66.3 Å². The lowest BCUT2D eigenvalue weighted by atomic mass is 10.1. The molecule has 60 valence electrons. The molecule has 0 saturated carbocycles. The predicted octanol–water partition coefficient (Wildman–Crippen LogP) is 1.27. The van der Waals surface area contributed by atoms with Crippen molar-refractivity contribution in [2.24, 2.45) is 5.92 Å². The van der Waals surface area contributed by atoms with Crippen LogP contribution in [0.15, 0.2) is 12.7 Å². The topological polar surface area (TPSA) is 50.1 Å². The molecule has 0 saturated heterocycles. The number of hydrogen-bond acceptors (Lipinski definition) is 3. The van der Waals surface area contributed by atoms with Gasteiger partial charge in [0.25, 0.3) is 0 Å². The molecule has 0 bridgehead atoms. The summed E-state index contributed by atoms with van der Waals surface area (Å²) in [5.74, 6) is -1.15. The molecule has 0 heterocycles. The van der Waals surface area contributed by atoms with Crippen LogP contribution in [0.3, 0.4) is 0 Å². The largest absolute Gasteiger partial charge is 0.465 e. The molecule has 0 amide bonds. The Hall–Kier alpha value is -1.30. The third-order valence-corrected chi connectivity index (χ3v) is 1.13. The Bertz CT molecular complexity index is 181. The van der Waals surface area contributed by atoms with Gasteiger partial charge in [0.1, 0.15) is 5.92 Å². The molecule has 0 radical (unpaired) electrons. The highest BCUT2D eigenvalue weighted by atomic mass is 16.5. The lowest BCUT2D eigenvalue weighted by Gasteiger charge is -2.03. The van der Waals surface area contributed by atoms with Gasteiger partial charge in [-0.25, -0.2) is 0 Å². The fraction of sp³-hybridized carbons (Fsp3) is 0.500. The second-order valence-electron chi connectivity index (χ2n) is 1.96. The predicted molar refractivity (Wildman–Crippen MR) is 40.6 cm³/mol. The molecule has 0 aromatic rings. The van der Waals surface area contributed by atoms with Gasteiger partial charge in [-0.1, -0.05) is 6.08 Å². The van der Waals surface area contributed by atoms with Crippen LogP contribution in [0.2, 0.25) is 0 Å². The third-order valence-electron chi connectivity index (χ3n) is 1.13. The molecule has 3 nitrogen and oxygen atoms in total. The van der Waals surface area contributed by atoms with Crippen LogP contribution < -0.4 is 0 Å².